The SMILES string of the molecule is CC1=C(C2CCN(C)CC2)C(=O)CC=C1.CC1=CCC(=O)C(C2CCN(C)CC2)=C1.CC1CCC(=O)C(C2CCN(C)CC2)C1.CC1CCCC(=O)C1C1CCN(C)CC1.CN1CCC(C2CCCCC2=O)CC1.CN1CCC(c2cc[nH]c(=O)c2)CC1.COc1cccc(C2CCN(C)CC2)n1.COc1ncc(C)cc1C1CCN(C)CC1.COc1nccc(C)c1C1CCN(C)CC1. The van der Waals surface area contributed by atoms with Crippen LogP contribution in [0.4, 0.5) is 0 Å². The van der Waals surface area contributed by atoms with Gasteiger partial charge in [0.15, 0.2) is 11.6 Å². The molecular weight excluding hydrogens is 1680 g/mol. The number of allylic oxidation sites excluding steroid dienone is 8. The molecule has 4 aromatic rings. The number of piperidine rings is 9. The van der Waals surface area contributed by atoms with Crippen molar-refractivity contribution in [1.82, 2.24) is 64.0 Å². The van der Waals surface area contributed by atoms with E-state index in [1.54, 1.807) is 33.6 Å². The number of aromatic nitrogens is 4. The lowest BCUT2D eigenvalue weighted by atomic mass is 9.69. The molecule has 5 unspecified atom stereocenters. The fourth-order valence-electron chi connectivity index (χ4n) is 23.5. The van der Waals surface area contributed by atoms with Crippen LogP contribution in [0, 0.1) is 73.0 Å². The maximum atomic E-state index is 12.0. The van der Waals surface area contributed by atoms with Gasteiger partial charge in [-0.3, -0.25) is 28.8 Å². The number of hydrogen-bond donors (Lipinski definition) is 1. The summed E-state index contributed by atoms with van der Waals surface area (Å²) in [6.45, 7) is 33.9. The first-order valence-corrected chi connectivity index (χ1v) is 52.7. The van der Waals surface area contributed by atoms with Crippen molar-refractivity contribution in [1.29, 1.82) is 0 Å². The van der Waals surface area contributed by atoms with E-state index in [0.29, 0.717) is 119 Å². The quantitative estimate of drug-likeness (QED) is 0.140. The molecule has 750 valence electrons. The third kappa shape index (κ3) is 35.2. The molecule has 3 saturated carbocycles. The number of carbonyl (C=O) groups is 5. The number of Topliss-reactive ketones (excluding diaryl/α,β-unsaturated/α-hetero) is 5. The van der Waals surface area contributed by atoms with Crippen molar-refractivity contribution in [2.45, 2.75) is 258 Å². The molecule has 14 aliphatic rings. The van der Waals surface area contributed by atoms with Crippen LogP contribution in [0.5, 0.6) is 17.6 Å². The van der Waals surface area contributed by atoms with Gasteiger partial charge in [0.25, 0.3) is 0 Å². The van der Waals surface area contributed by atoms with E-state index >= 15 is 0 Å². The fourth-order valence-corrected chi connectivity index (χ4v) is 23.5. The monoisotopic (exact) mass is 1860 g/mol. The summed E-state index contributed by atoms with van der Waals surface area (Å²) in [5.41, 5.74) is 12.2. The summed E-state index contributed by atoms with van der Waals surface area (Å²) in [5.74, 6) is 12.9. The zero-order valence-corrected chi connectivity index (χ0v) is 87.1. The van der Waals surface area contributed by atoms with E-state index in [-0.39, 0.29) is 5.56 Å². The largest absolute Gasteiger partial charge is 0.481 e. The molecule has 18 rings (SSSR count). The third-order valence-corrected chi connectivity index (χ3v) is 32.5. The number of ketones is 5. The molecule has 22 nitrogen and oxygen atoms in total. The zero-order valence-electron chi connectivity index (χ0n) is 87.1. The molecule has 5 aliphatic carbocycles. The zero-order chi connectivity index (χ0) is 97.0. The molecular formula is C113H179N13O9. The second kappa shape index (κ2) is 56.9. The fraction of sp³-hybridized carbons (Fsp3) is 0.708. The van der Waals surface area contributed by atoms with Crippen molar-refractivity contribution in [3.8, 4) is 17.6 Å². The average Bonchev–Trinajstić information content (AvgIpc) is 0.824. The van der Waals surface area contributed by atoms with Crippen molar-refractivity contribution in [3.05, 3.63) is 152 Å². The number of H-pyrrole nitrogens is 1. The van der Waals surface area contributed by atoms with E-state index in [4.69, 9.17) is 14.2 Å². The second-order valence-electron chi connectivity index (χ2n) is 43.1. The van der Waals surface area contributed by atoms with Gasteiger partial charge in [-0.15, -0.1) is 0 Å². The van der Waals surface area contributed by atoms with Crippen LogP contribution in [-0.2, 0) is 24.0 Å². The number of nitrogens with one attached hydrogen (secondary N) is 1. The number of nitrogens with zero attached hydrogens (tertiary/aromatic N) is 12. The van der Waals surface area contributed by atoms with Crippen LogP contribution >= 0.6 is 0 Å². The predicted molar refractivity (Wildman–Crippen MR) is 551 cm³/mol. The standard InChI is InChI=1S/2C13H20N2O.C13H23NO.C13H19NO.C13H23NO.C13H19NO.C12H18N2O.C12H21NO.C11H16N2O/c1-10-4-7-14-13(16-3)12(10)11-5-8-15(2)9-6-11;1-10-8-12(13(16-3)14-9-10)11-4-6-15(2)7-5-11;2*1-10-3-4-13(15)12(9-10)11-5-7-14(2)8-6-11;2*1-10-4-3-5-12(15)13(10)11-6-8-14(2)9-7-11;1-14-8-6-10(7-9-14)11-4-3-5-12(13-11)15-2;1-13-8-6-10(7-9-13)11-4-2-3-5-12(11)14;1-13-6-3-9(4-7-13)10-2-5-12-11(14)8-10/h4,7,11H,5-6,8-9H2,1-3H3;8-9,11H,4-7H2,1-3H3;10-12H,3-9H2,1-2H3;3,9,11H,4-8H2,1-2H3;10-11,13H,3-9H2,1-2H3;3-4,11H,5-9H2,1-2H3;3-5,10H,6-9H2,1-2H3;10-11H,2-9H2,1H3;2,5,8-9H,3-4,6-7H2,1H3,(H,12,14). The molecule has 13 heterocycles. The van der Waals surface area contributed by atoms with Gasteiger partial charge in [-0.05, 0) is 474 Å². The van der Waals surface area contributed by atoms with Gasteiger partial charge in [-0.25, -0.2) is 15.0 Å². The van der Waals surface area contributed by atoms with E-state index < -0.39 is 0 Å². The second-order valence-corrected chi connectivity index (χ2v) is 43.1. The van der Waals surface area contributed by atoms with Gasteiger partial charge in [0.2, 0.25) is 23.2 Å². The Morgan fingerprint density at radius 3 is 1.43 bits per heavy atom. The van der Waals surface area contributed by atoms with Crippen LogP contribution in [0.15, 0.2) is 112 Å². The Balaban J connectivity index is 0.000000157. The van der Waals surface area contributed by atoms with Gasteiger partial charge >= 0.3 is 0 Å². The smallest absolute Gasteiger partial charge is 0.248 e. The van der Waals surface area contributed by atoms with E-state index in [1.165, 1.54) is 232 Å². The number of carbonyl (C=O) groups excluding carboxylic acids is 5. The Labute approximate surface area is 815 Å². The van der Waals surface area contributed by atoms with Crippen LogP contribution in [0.1, 0.15) is 278 Å². The molecule has 9 saturated heterocycles. The minimum absolute atomic E-state index is 0.0152. The first-order valence-electron chi connectivity index (χ1n) is 52.7. The highest BCUT2D eigenvalue weighted by Gasteiger charge is 2.39. The topological polar surface area (TPSA) is 214 Å². The minimum atomic E-state index is 0.0152. The van der Waals surface area contributed by atoms with Crippen molar-refractivity contribution in [2.24, 2.45) is 59.2 Å². The summed E-state index contributed by atoms with van der Waals surface area (Å²) in [5, 5.41) is 0. The molecule has 1 N–H and O–H groups in total. The maximum Gasteiger partial charge on any atom is 0.248 e. The Kier molecular flexibility index (Phi) is 46.2. The van der Waals surface area contributed by atoms with Crippen molar-refractivity contribution >= 4 is 28.9 Å². The maximum absolute atomic E-state index is 12.0. The summed E-state index contributed by atoms with van der Waals surface area (Å²) < 4.78 is 15.9. The number of rotatable bonds is 12. The van der Waals surface area contributed by atoms with Crippen LogP contribution in [0.25, 0.3) is 0 Å². The minimum Gasteiger partial charge on any atom is -0.481 e. The Morgan fingerprint density at radius 1 is 0.422 bits per heavy atom. The lowest BCUT2D eigenvalue weighted by molar-refractivity contribution is -0.129. The number of pyridine rings is 4. The van der Waals surface area contributed by atoms with E-state index in [9.17, 15) is 28.8 Å². The van der Waals surface area contributed by atoms with Gasteiger partial charge in [0.05, 0.1) is 21.3 Å². The number of likely N-dealkylation sites (tertiary alicyclic amines) is 9. The van der Waals surface area contributed by atoms with E-state index in [0.717, 1.165) is 145 Å². The lowest BCUT2D eigenvalue weighted by Crippen LogP contribution is -2.39. The Bertz CT molecular complexity index is 4450. The molecule has 0 spiro atoms. The molecule has 0 bridgehead atoms. The summed E-state index contributed by atoms with van der Waals surface area (Å²) in [6, 6.07) is 14.1. The van der Waals surface area contributed by atoms with Crippen LogP contribution in [0.2, 0.25) is 0 Å². The predicted octanol–water partition coefficient (Wildman–Crippen LogP) is 18.6. The van der Waals surface area contributed by atoms with E-state index in [1.807, 2.05) is 42.7 Å². The van der Waals surface area contributed by atoms with E-state index in [2.05, 4.69) is 199 Å². The Hall–Kier alpha value is -7.25. The summed E-state index contributed by atoms with van der Waals surface area (Å²) in [4.78, 5) is 108. The molecule has 4 aromatic heterocycles. The highest BCUT2D eigenvalue weighted by molar-refractivity contribution is 5.99. The number of ether oxygens (including phenoxy) is 3. The summed E-state index contributed by atoms with van der Waals surface area (Å²) in [6.07, 6.45) is 47.3. The highest BCUT2D eigenvalue weighted by Crippen LogP contribution is 2.42. The average molecular weight is 1860 g/mol. The van der Waals surface area contributed by atoms with Crippen molar-refractivity contribution in [2.75, 3.05) is 203 Å². The molecule has 22 heteroatoms. The molecule has 9 aliphatic heterocycles. The van der Waals surface area contributed by atoms with Gasteiger partial charge in [-0.1, -0.05) is 56.2 Å². The van der Waals surface area contributed by atoms with Crippen molar-refractivity contribution < 1.29 is 38.2 Å². The van der Waals surface area contributed by atoms with Gasteiger partial charge in [0.1, 0.15) is 17.3 Å². The van der Waals surface area contributed by atoms with Crippen molar-refractivity contribution in [3.63, 3.8) is 0 Å². The number of aromatic amines is 1. The molecule has 0 amide bonds. The van der Waals surface area contributed by atoms with Crippen LogP contribution in [0.3, 0.4) is 0 Å². The molecule has 0 radical (unpaired) electrons. The number of methoxy groups -OCH3 is 3. The summed E-state index contributed by atoms with van der Waals surface area (Å²) in [7, 11) is 24.6. The normalized spacial score (nSPS) is 25.4. The first kappa shape index (κ1) is 110. The molecule has 0 aromatic carbocycles. The first-order chi connectivity index (χ1) is 64.9. The van der Waals surface area contributed by atoms with Gasteiger partial charge in [0, 0.05) is 109 Å². The third-order valence-electron chi connectivity index (χ3n) is 32.5. The Morgan fingerprint density at radius 2 is 0.911 bits per heavy atom. The summed E-state index contributed by atoms with van der Waals surface area (Å²) >= 11 is 0. The van der Waals surface area contributed by atoms with Gasteiger partial charge < -0.3 is 63.3 Å². The lowest BCUT2D eigenvalue weighted by Gasteiger charge is -2.38. The molecule has 5 atom stereocenters. The number of aryl methyl sites for hydroxylation is 2. The van der Waals surface area contributed by atoms with Crippen LogP contribution in [-0.4, -0.2) is 296 Å². The van der Waals surface area contributed by atoms with Crippen LogP contribution < -0.4 is 19.8 Å². The van der Waals surface area contributed by atoms with Gasteiger partial charge in [-0.2, -0.15) is 0 Å². The molecule has 135 heavy (non-hydrogen) atoms. The molecule has 12 fully saturated rings. The number of hydrogen-bond acceptors (Lipinski definition) is 21. The highest BCUT2D eigenvalue weighted by atomic mass is 16.5.